The highest BCUT2D eigenvalue weighted by atomic mass is 16.4. The van der Waals surface area contributed by atoms with E-state index >= 15 is 0 Å². The van der Waals surface area contributed by atoms with Gasteiger partial charge in [-0.2, -0.15) is 0 Å². The summed E-state index contributed by atoms with van der Waals surface area (Å²) in [6.07, 6.45) is 2.41. The molecule has 1 aliphatic heterocycles. The van der Waals surface area contributed by atoms with Crippen LogP contribution in [-0.2, 0) is 4.79 Å². The van der Waals surface area contributed by atoms with E-state index in [1.807, 2.05) is 61.6 Å². The molecule has 2 amide bonds. The topological polar surface area (TPSA) is 84.3 Å². The number of likely N-dealkylation sites (tertiary alicyclic amines) is 1. The summed E-state index contributed by atoms with van der Waals surface area (Å²) in [7, 11) is 1.82. The minimum atomic E-state index is -0.926. The summed E-state index contributed by atoms with van der Waals surface area (Å²) in [6.45, 7) is 3.16. The number of aliphatic hydroxyl groups excluding tert-OH is 1. The van der Waals surface area contributed by atoms with Crippen LogP contribution in [0.5, 0.6) is 0 Å². The summed E-state index contributed by atoms with van der Waals surface area (Å²) in [5, 5.41) is 19.0. The number of amides is 2. The van der Waals surface area contributed by atoms with Crippen LogP contribution < -0.4 is 4.90 Å². The number of hydrogen-bond donors (Lipinski definition) is 2. The number of piperidine rings is 1. The van der Waals surface area contributed by atoms with Gasteiger partial charge >= 0.3 is 6.09 Å². The van der Waals surface area contributed by atoms with Crippen LogP contribution in [-0.4, -0.2) is 77.9 Å². The van der Waals surface area contributed by atoms with Crippen LogP contribution in [0.15, 0.2) is 54.6 Å². The third-order valence-corrected chi connectivity index (χ3v) is 6.35. The van der Waals surface area contributed by atoms with Crippen molar-refractivity contribution < 1.29 is 19.8 Å². The lowest BCUT2D eigenvalue weighted by Gasteiger charge is -2.38. The molecule has 0 saturated carbocycles. The first-order valence-electron chi connectivity index (χ1n) is 11.7. The molecular formula is C26H35N3O4. The maximum absolute atomic E-state index is 12.3. The predicted molar refractivity (Wildman–Crippen MR) is 130 cm³/mol. The van der Waals surface area contributed by atoms with Crippen LogP contribution in [0.2, 0.25) is 0 Å². The zero-order valence-corrected chi connectivity index (χ0v) is 19.4. The van der Waals surface area contributed by atoms with Crippen LogP contribution in [0.3, 0.4) is 0 Å². The summed E-state index contributed by atoms with van der Waals surface area (Å²) in [4.78, 5) is 30.1. The van der Waals surface area contributed by atoms with Gasteiger partial charge in [-0.25, -0.2) is 4.79 Å². The van der Waals surface area contributed by atoms with E-state index < -0.39 is 6.09 Å². The Morgan fingerprint density at radius 2 is 1.67 bits per heavy atom. The Hall–Kier alpha value is -2.90. The van der Waals surface area contributed by atoms with Gasteiger partial charge in [0.25, 0.3) is 0 Å². The fourth-order valence-electron chi connectivity index (χ4n) is 4.40. The second-order valence-electron chi connectivity index (χ2n) is 8.60. The van der Waals surface area contributed by atoms with Crippen LogP contribution in [0, 0.1) is 0 Å². The van der Waals surface area contributed by atoms with Crippen molar-refractivity contribution in [2.24, 2.45) is 0 Å². The number of nitrogens with zero attached hydrogens (tertiary/aromatic N) is 3. The van der Waals surface area contributed by atoms with Crippen LogP contribution >= 0.6 is 0 Å². The smallest absolute Gasteiger partial charge is 0.412 e. The number of unbranched alkanes of at least 4 members (excludes halogenated alkanes) is 1. The van der Waals surface area contributed by atoms with Gasteiger partial charge in [-0.15, -0.1) is 0 Å². The van der Waals surface area contributed by atoms with E-state index in [1.165, 1.54) is 4.90 Å². The molecule has 0 unspecified atom stereocenters. The Morgan fingerprint density at radius 1 is 1.00 bits per heavy atom. The molecule has 0 bridgehead atoms. The Labute approximate surface area is 196 Å². The average Bonchev–Trinajstić information content (AvgIpc) is 2.84. The van der Waals surface area contributed by atoms with Gasteiger partial charge < -0.3 is 20.0 Å². The molecule has 0 aromatic heterocycles. The van der Waals surface area contributed by atoms with Crippen molar-refractivity contribution in [2.75, 3.05) is 44.7 Å². The molecule has 0 radical (unpaired) electrons. The minimum absolute atomic E-state index is 0.0820. The van der Waals surface area contributed by atoms with Crippen LogP contribution in [0.4, 0.5) is 10.5 Å². The monoisotopic (exact) mass is 453 g/mol. The molecule has 1 saturated heterocycles. The van der Waals surface area contributed by atoms with E-state index in [2.05, 4.69) is 4.90 Å². The van der Waals surface area contributed by atoms with Gasteiger partial charge in [-0.1, -0.05) is 48.5 Å². The van der Waals surface area contributed by atoms with Gasteiger partial charge in [0, 0.05) is 57.9 Å². The molecule has 0 atom stereocenters. The summed E-state index contributed by atoms with van der Waals surface area (Å²) in [5.74, 6) is 0.105. The second kappa shape index (κ2) is 12.4. The first-order valence-corrected chi connectivity index (χ1v) is 11.7. The van der Waals surface area contributed by atoms with Gasteiger partial charge in [0.15, 0.2) is 0 Å². The average molecular weight is 454 g/mol. The van der Waals surface area contributed by atoms with Gasteiger partial charge in [0.1, 0.15) is 0 Å². The molecule has 3 rings (SSSR count). The van der Waals surface area contributed by atoms with Crippen LogP contribution in [0.25, 0.3) is 11.1 Å². The molecule has 33 heavy (non-hydrogen) atoms. The molecule has 0 spiro atoms. The van der Waals surface area contributed by atoms with Crippen molar-refractivity contribution in [1.29, 1.82) is 0 Å². The van der Waals surface area contributed by atoms with Gasteiger partial charge in [-0.05, 0) is 37.3 Å². The highest BCUT2D eigenvalue weighted by Gasteiger charge is 2.30. The summed E-state index contributed by atoms with van der Waals surface area (Å²) in [6, 6.07) is 17.5. The molecule has 2 N–H and O–H groups in total. The van der Waals surface area contributed by atoms with Crippen molar-refractivity contribution in [1.82, 2.24) is 9.80 Å². The van der Waals surface area contributed by atoms with E-state index in [1.54, 1.807) is 4.90 Å². The molecule has 0 aliphatic carbocycles. The van der Waals surface area contributed by atoms with E-state index in [0.29, 0.717) is 25.8 Å². The van der Waals surface area contributed by atoms with Crippen molar-refractivity contribution in [3.05, 3.63) is 54.6 Å². The Morgan fingerprint density at radius 3 is 2.33 bits per heavy atom. The Bertz CT molecular complexity index is 897. The molecule has 2 aromatic carbocycles. The van der Waals surface area contributed by atoms with E-state index in [-0.39, 0.29) is 18.6 Å². The third kappa shape index (κ3) is 6.79. The molecular weight excluding hydrogens is 418 g/mol. The molecule has 2 aromatic rings. The number of likely N-dealkylation sites (N-methyl/N-ethyl adjacent to an activating group) is 1. The van der Waals surface area contributed by atoms with Gasteiger partial charge in [0.2, 0.25) is 5.91 Å². The molecule has 1 aliphatic rings. The number of benzene rings is 2. The predicted octanol–water partition coefficient (Wildman–Crippen LogP) is 3.92. The minimum Gasteiger partial charge on any atom is -0.465 e. The number of aliphatic hydroxyl groups is 1. The molecule has 178 valence electrons. The quantitative estimate of drug-likeness (QED) is 0.533. The van der Waals surface area contributed by atoms with Crippen molar-refractivity contribution in [3.8, 4) is 11.1 Å². The lowest BCUT2D eigenvalue weighted by molar-refractivity contribution is -0.130. The molecule has 1 fully saturated rings. The summed E-state index contributed by atoms with van der Waals surface area (Å²) in [5.41, 5.74) is 2.65. The first kappa shape index (κ1) is 24.7. The lowest BCUT2D eigenvalue weighted by atomic mass is 9.98. The SMILES string of the molecule is CN(CCN1CCC(N(C(=O)O)c2ccccc2-c2ccccc2)CC1)C(=O)CCCCO. The zero-order valence-electron chi connectivity index (χ0n) is 19.4. The van der Waals surface area contributed by atoms with E-state index in [9.17, 15) is 14.7 Å². The highest BCUT2D eigenvalue weighted by molar-refractivity contribution is 5.93. The third-order valence-electron chi connectivity index (χ3n) is 6.35. The maximum Gasteiger partial charge on any atom is 0.412 e. The zero-order chi connectivity index (χ0) is 23.6. The maximum atomic E-state index is 12.3. The number of hydrogen-bond acceptors (Lipinski definition) is 4. The standard InChI is InChI=1S/C26H35N3O4/c1-27(25(31)13-7-8-20-30)18-19-28-16-14-22(15-17-28)29(26(32)33)24-12-6-5-11-23(24)21-9-3-2-4-10-21/h2-6,9-12,22,30H,7-8,13-20H2,1H3,(H,32,33). The number of carbonyl (C=O) groups is 2. The second-order valence-corrected chi connectivity index (χ2v) is 8.60. The Kier molecular flexibility index (Phi) is 9.27. The van der Waals surface area contributed by atoms with Gasteiger partial charge in [0.05, 0.1) is 5.69 Å². The largest absolute Gasteiger partial charge is 0.465 e. The van der Waals surface area contributed by atoms with Crippen LogP contribution in [0.1, 0.15) is 32.1 Å². The summed E-state index contributed by atoms with van der Waals surface area (Å²) >= 11 is 0. The molecule has 7 nitrogen and oxygen atoms in total. The number of carbonyl (C=O) groups excluding carboxylic acids is 1. The number of anilines is 1. The lowest BCUT2D eigenvalue weighted by Crippen LogP contribution is -2.48. The van der Waals surface area contributed by atoms with Crippen molar-refractivity contribution >= 4 is 17.7 Å². The van der Waals surface area contributed by atoms with E-state index in [4.69, 9.17) is 5.11 Å². The fourth-order valence-corrected chi connectivity index (χ4v) is 4.40. The normalized spacial score (nSPS) is 14.7. The van der Waals surface area contributed by atoms with Crippen molar-refractivity contribution in [3.63, 3.8) is 0 Å². The Balaban J connectivity index is 1.59. The number of para-hydroxylation sites is 1. The van der Waals surface area contributed by atoms with Crippen molar-refractivity contribution in [2.45, 2.75) is 38.1 Å². The highest BCUT2D eigenvalue weighted by Crippen LogP contribution is 2.34. The molecule has 7 heteroatoms. The first-order chi connectivity index (χ1) is 16.0. The van der Waals surface area contributed by atoms with E-state index in [0.717, 1.165) is 49.3 Å². The fraction of sp³-hybridized carbons (Fsp3) is 0.462. The van der Waals surface area contributed by atoms with Gasteiger partial charge in [-0.3, -0.25) is 9.69 Å². The number of rotatable bonds is 10. The molecule has 1 heterocycles. The number of carboxylic acid groups (broad SMARTS) is 1. The summed E-state index contributed by atoms with van der Waals surface area (Å²) < 4.78 is 0.